The summed E-state index contributed by atoms with van der Waals surface area (Å²) in [7, 11) is -1.76. The van der Waals surface area contributed by atoms with Gasteiger partial charge in [0, 0.05) is 18.6 Å². The van der Waals surface area contributed by atoms with Crippen LogP contribution in [-0.4, -0.2) is 28.2 Å². The monoisotopic (exact) mass is 193 g/mol. The Morgan fingerprint density at radius 1 is 1.50 bits per heavy atom. The molecule has 12 heavy (non-hydrogen) atoms. The van der Waals surface area contributed by atoms with Gasteiger partial charge in [-0.25, -0.2) is 13.1 Å². The first-order valence-electron chi connectivity index (χ1n) is 3.66. The van der Waals surface area contributed by atoms with Crippen molar-refractivity contribution < 1.29 is 13.2 Å². The highest BCUT2D eigenvalue weighted by Crippen LogP contribution is 1.90. The Balaban J connectivity index is 4.05. The van der Waals surface area contributed by atoms with Crippen molar-refractivity contribution >= 4 is 10.0 Å². The Morgan fingerprint density at radius 3 is 2.50 bits per heavy atom. The molecule has 0 atom stereocenters. The zero-order chi connectivity index (χ0) is 9.61. The molecule has 0 aliphatic heterocycles. The van der Waals surface area contributed by atoms with E-state index in [0.717, 1.165) is 5.41 Å². The first-order valence-corrected chi connectivity index (χ1v) is 5.20. The maximum atomic E-state index is 11.1. The van der Waals surface area contributed by atoms with Crippen LogP contribution < -0.4 is 4.72 Å². The minimum Gasteiger partial charge on any atom is -0.381 e. The molecule has 0 aromatic carbocycles. The normalized spacial score (nSPS) is 13.0. The molecule has 4 nitrogen and oxygen atoms in total. The molecule has 0 amide bonds. The number of ether oxygens (including phenoxy) is 1. The van der Waals surface area contributed by atoms with E-state index in [-0.39, 0.29) is 6.04 Å². The van der Waals surface area contributed by atoms with Gasteiger partial charge in [0.2, 0.25) is 10.0 Å². The maximum absolute atomic E-state index is 11.1. The maximum Gasteiger partial charge on any atom is 0.233 e. The van der Waals surface area contributed by atoms with Crippen LogP contribution in [0.1, 0.15) is 13.8 Å². The summed E-state index contributed by atoms with van der Waals surface area (Å²) < 4.78 is 29.2. The SMILES string of the molecule is COC/C=C/S(=O)(=O)NC(C)C. The second-order valence-corrected chi connectivity index (χ2v) is 4.24. The zero-order valence-electron chi connectivity index (χ0n) is 7.57. The molecule has 0 aromatic rings. The molecule has 72 valence electrons. The number of hydrogen-bond acceptors (Lipinski definition) is 3. The van der Waals surface area contributed by atoms with Gasteiger partial charge in [-0.1, -0.05) is 0 Å². The lowest BCUT2D eigenvalue weighted by Gasteiger charge is -2.04. The third kappa shape index (κ3) is 6.33. The van der Waals surface area contributed by atoms with Crippen LogP contribution in [-0.2, 0) is 14.8 Å². The second kappa shape index (κ2) is 5.29. The van der Waals surface area contributed by atoms with Crippen molar-refractivity contribution in [2.45, 2.75) is 19.9 Å². The summed E-state index contributed by atoms with van der Waals surface area (Å²) in [6.07, 6.45) is 1.45. The Hall–Kier alpha value is -0.390. The summed E-state index contributed by atoms with van der Waals surface area (Å²) in [4.78, 5) is 0. The van der Waals surface area contributed by atoms with E-state index in [4.69, 9.17) is 0 Å². The van der Waals surface area contributed by atoms with Crippen LogP contribution in [0.5, 0.6) is 0 Å². The molecular formula is C7H15NO3S. The quantitative estimate of drug-likeness (QED) is 0.690. The van der Waals surface area contributed by atoms with Gasteiger partial charge < -0.3 is 4.74 Å². The fraction of sp³-hybridized carbons (Fsp3) is 0.714. The second-order valence-electron chi connectivity index (χ2n) is 2.64. The highest BCUT2D eigenvalue weighted by Gasteiger charge is 2.05. The molecule has 0 spiro atoms. The Morgan fingerprint density at radius 2 is 2.08 bits per heavy atom. The first kappa shape index (κ1) is 11.6. The highest BCUT2D eigenvalue weighted by molar-refractivity contribution is 7.92. The summed E-state index contributed by atoms with van der Waals surface area (Å²) >= 11 is 0. The van der Waals surface area contributed by atoms with Crippen molar-refractivity contribution in [3.8, 4) is 0 Å². The first-order chi connectivity index (χ1) is 5.48. The number of nitrogens with one attached hydrogen (secondary N) is 1. The van der Waals surface area contributed by atoms with Gasteiger partial charge in [0.1, 0.15) is 0 Å². The van der Waals surface area contributed by atoms with E-state index in [1.165, 1.54) is 13.2 Å². The average molecular weight is 193 g/mol. The number of rotatable bonds is 5. The smallest absolute Gasteiger partial charge is 0.233 e. The van der Waals surface area contributed by atoms with E-state index in [2.05, 4.69) is 9.46 Å². The lowest BCUT2D eigenvalue weighted by atomic mass is 10.4. The predicted octanol–water partition coefficient (Wildman–Crippen LogP) is 0.474. The van der Waals surface area contributed by atoms with Gasteiger partial charge in [-0.2, -0.15) is 0 Å². The van der Waals surface area contributed by atoms with E-state index in [0.29, 0.717) is 6.61 Å². The Labute approximate surface area is 73.7 Å². The molecule has 0 rings (SSSR count). The molecule has 5 heteroatoms. The molecule has 0 fully saturated rings. The third-order valence-corrected chi connectivity index (χ3v) is 2.29. The van der Waals surface area contributed by atoms with Crippen LogP contribution in [0.25, 0.3) is 0 Å². The van der Waals surface area contributed by atoms with E-state index >= 15 is 0 Å². The Kier molecular flexibility index (Phi) is 5.12. The molecule has 0 aliphatic rings. The van der Waals surface area contributed by atoms with Crippen molar-refractivity contribution in [3.05, 3.63) is 11.5 Å². The minimum absolute atomic E-state index is 0.0813. The molecule has 0 saturated carbocycles. The lowest BCUT2D eigenvalue weighted by Crippen LogP contribution is -2.28. The summed E-state index contributed by atoms with van der Waals surface area (Å²) in [5.41, 5.74) is 0. The van der Waals surface area contributed by atoms with Crippen LogP contribution in [0.3, 0.4) is 0 Å². The molecule has 0 aromatic heterocycles. The summed E-state index contributed by atoms with van der Waals surface area (Å²) in [5, 5.41) is 1.11. The van der Waals surface area contributed by atoms with Crippen LogP contribution in [0.2, 0.25) is 0 Å². The summed E-state index contributed by atoms with van der Waals surface area (Å²) in [5.74, 6) is 0. The van der Waals surface area contributed by atoms with Gasteiger partial charge in [-0.05, 0) is 19.9 Å². The molecule has 0 bridgehead atoms. The number of methoxy groups -OCH3 is 1. The molecule has 0 unspecified atom stereocenters. The van der Waals surface area contributed by atoms with Gasteiger partial charge in [0.25, 0.3) is 0 Å². The van der Waals surface area contributed by atoms with Crippen molar-refractivity contribution in [2.24, 2.45) is 0 Å². The average Bonchev–Trinajstić information content (AvgIpc) is 1.84. The zero-order valence-corrected chi connectivity index (χ0v) is 8.39. The lowest BCUT2D eigenvalue weighted by molar-refractivity contribution is 0.234. The standard InChI is InChI=1S/C7H15NO3S/c1-7(2)8-12(9,10)6-4-5-11-3/h4,6-8H,5H2,1-3H3/b6-4+. The van der Waals surface area contributed by atoms with E-state index in [9.17, 15) is 8.42 Å². The van der Waals surface area contributed by atoms with Crippen molar-refractivity contribution in [1.82, 2.24) is 4.72 Å². The van der Waals surface area contributed by atoms with Gasteiger partial charge in [0.05, 0.1) is 6.61 Å². The van der Waals surface area contributed by atoms with E-state index in [1.807, 2.05) is 0 Å². The fourth-order valence-corrected chi connectivity index (χ4v) is 1.70. The number of hydrogen-bond donors (Lipinski definition) is 1. The molecule has 0 radical (unpaired) electrons. The fourth-order valence-electron chi connectivity index (χ4n) is 0.630. The summed E-state index contributed by atoms with van der Waals surface area (Å²) in [6, 6.07) is -0.0813. The third-order valence-electron chi connectivity index (χ3n) is 0.938. The molecule has 1 N–H and O–H groups in total. The largest absolute Gasteiger partial charge is 0.381 e. The van der Waals surface area contributed by atoms with Crippen molar-refractivity contribution in [2.75, 3.05) is 13.7 Å². The highest BCUT2D eigenvalue weighted by atomic mass is 32.2. The molecule has 0 saturated heterocycles. The minimum atomic E-state index is -3.26. The van der Waals surface area contributed by atoms with Crippen LogP contribution in [0.15, 0.2) is 11.5 Å². The van der Waals surface area contributed by atoms with Gasteiger partial charge in [-0.15, -0.1) is 0 Å². The molecular weight excluding hydrogens is 178 g/mol. The molecule has 0 heterocycles. The number of sulfonamides is 1. The Bertz CT molecular complexity index is 231. The van der Waals surface area contributed by atoms with Gasteiger partial charge >= 0.3 is 0 Å². The van der Waals surface area contributed by atoms with Crippen LogP contribution in [0.4, 0.5) is 0 Å². The van der Waals surface area contributed by atoms with Gasteiger partial charge in [-0.3, -0.25) is 0 Å². The van der Waals surface area contributed by atoms with E-state index in [1.54, 1.807) is 13.8 Å². The van der Waals surface area contributed by atoms with Crippen molar-refractivity contribution in [1.29, 1.82) is 0 Å². The topological polar surface area (TPSA) is 55.4 Å². The van der Waals surface area contributed by atoms with Crippen LogP contribution in [0, 0.1) is 0 Å². The van der Waals surface area contributed by atoms with E-state index < -0.39 is 10.0 Å². The predicted molar refractivity (Wildman–Crippen MR) is 48.2 cm³/mol. The summed E-state index contributed by atoms with van der Waals surface area (Å²) in [6.45, 7) is 3.84. The molecule has 0 aliphatic carbocycles. The van der Waals surface area contributed by atoms with Crippen LogP contribution >= 0.6 is 0 Å². The van der Waals surface area contributed by atoms with Gasteiger partial charge in [0.15, 0.2) is 0 Å². The van der Waals surface area contributed by atoms with Crippen molar-refractivity contribution in [3.63, 3.8) is 0 Å².